The zero-order valence-electron chi connectivity index (χ0n) is 10.7. The molecule has 0 spiro atoms. The quantitative estimate of drug-likeness (QED) is 0.816. The highest BCUT2D eigenvalue weighted by atomic mass is 79.9. The van der Waals surface area contributed by atoms with Gasteiger partial charge in [0.05, 0.1) is 5.69 Å². The van der Waals surface area contributed by atoms with Gasteiger partial charge >= 0.3 is 0 Å². The summed E-state index contributed by atoms with van der Waals surface area (Å²) >= 11 is 3.39. The van der Waals surface area contributed by atoms with E-state index in [1.807, 2.05) is 31.2 Å². The molecule has 100 valence electrons. The summed E-state index contributed by atoms with van der Waals surface area (Å²) in [6.07, 6.45) is 0. The van der Waals surface area contributed by atoms with Gasteiger partial charge in [0.1, 0.15) is 11.6 Å². The van der Waals surface area contributed by atoms with E-state index < -0.39 is 11.6 Å². The molecule has 1 atom stereocenters. The maximum absolute atomic E-state index is 13.7. The van der Waals surface area contributed by atoms with E-state index in [0.717, 1.165) is 10.0 Å². The van der Waals surface area contributed by atoms with Crippen molar-refractivity contribution in [2.75, 3.05) is 5.32 Å². The van der Waals surface area contributed by atoms with Gasteiger partial charge in [-0.3, -0.25) is 0 Å². The molecule has 1 unspecified atom stereocenters. The van der Waals surface area contributed by atoms with E-state index in [2.05, 4.69) is 21.2 Å². The number of halogens is 3. The number of nitrogens with one attached hydrogen (secondary N) is 1. The molecule has 0 aliphatic carbocycles. The molecule has 0 aliphatic rings. The Hall–Kier alpha value is -1.42. The molecule has 0 saturated heterocycles. The lowest BCUT2D eigenvalue weighted by atomic mass is 10.1. The molecular weight excluding hydrogens is 312 g/mol. The average molecular weight is 326 g/mol. The number of hydrogen-bond acceptors (Lipinski definition) is 1. The standard InChI is InChI=1S/C15H14BrF2N/c1-9-6-14(18)15(8-13(9)17)19-10(2)11-4-3-5-12(16)7-11/h3-8,10,19H,1-2H3. The van der Waals surface area contributed by atoms with Crippen molar-refractivity contribution < 1.29 is 8.78 Å². The molecule has 0 bridgehead atoms. The molecular formula is C15H14BrF2N. The van der Waals surface area contributed by atoms with Gasteiger partial charge in [-0.2, -0.15) is 0 Å². The fraction of sp³-hybridized carbons (Fsp3) is 0.200. The summed E-state index contributed by atoms with van der Waals surface area (Å²) in [7, 11) is 0. The van der Waals surface area contributed by atoms with Crippen molar-refractivity contribution in [2.45, 2.75) is 19.9 Å². The van der Waals surface area contributed by atoms with Gasteiger partial charge in [0.25, 0.3) is 0 Å². The number of anilines is 1. The molecule has 0 heterocycles. The summed E-state index contributed by atoms with van der Waals surface area (Å²) in [5.74, 6) is -0.855. The third-order valence-corrected chi connectivity index (χ3v) is 3.46. The minimum absolute atomic E-state index is 0.117. The van der Waals surface area contributed by atoms with Gasteiger partial charge in [-0.05, 0) is 43.2 Å². The molecule has 2 aromatic rings. The van der Waals surface area contributed by atoms with E-state index in [1.165, 1.54) is 12.1 Å². The first-order valence-corrected chi connectivity index (χ1v) is 6.74. The summed E-state index contributed by atoms with van der Waals surface area (Å²) < 4.78 is 28.2. The van der Waals surface area contributed by atoms with Gasteiger partial charge in [-0.25, -0.2) is 8.78 Å². The first-order chi connectivity index (χ1) is 8.97. The van der Waals surface area contributed by atoms with Crippen LogP contribution in [0.25, 0.3) is 0 Å². The Bertz CT molecular complexity index is 599. The highest BCUT2D eigenvalue weighted by Crippen LogP contribution is 2.25. The Labute approximate surface area is 119 Å². The maximum atomic E-state index is 13.7. The van der Waals surface area contributed by atoms with Crippen LogP contribution in [0, 0.1) is 18.6 Å². The lowest BCUT2D eigenvalue weighted by molar-refractivity contribution is 0.593. The summed E-state index contributed by atoms with van der Waals surface area (Å²) in [5.41, 5.74) is 1.48. The second-order valence-electron chi connectivity index (χ2n) is 4.50. The molecule has 0 aromatic heterocycles. The van der Waals surface area contributed by atoms with Crippen LogP contribution in [0.5, 0.6) is 0 Å². The largest absolute Gasteiger partial charge is 0.376 e. The van der Waals surface area contributed by atoms with E-state index in [0.29, 0.717) is 5.56 Å². The van der Waals surface area contributed by atoms with Crippen molar-refractivity contribution in [2.24, 2.45) is 0 Å². The van der Waals surface area contributed by atoms with E-state index >= 15 is 0 Å². The van der Waals surface area contributed by atoms with Crippen LogP contribution in [0.3, 0.4) is 0 Å². The Kier molecular flexibility index (Phi) is 4.20. The summed E-state index contributed by atoms with van der Waals surface area (Å²) in [6, 6.07) is 9.98. The number of hydrogen-bond donors (Lipinski definition) is 1. The van der Waals surface area contributed by atoms with E-state index in [4.69, 9.17) is 0 Å². The lowest BCUT2D eigenvalue weighted by Crippen LogP contribution is -2.08. The molecule has 2 rings (SSSR count). The third-order valence-electron chi connectivity index (χ3n) is 2.97. The molecule has 2 aromatic carbocycles. The predicted octanol–water partition coefficient (Wildman–Crippen LogP) is 5.21. The van der Waals surface area contributed by atoms with Crippen molar-refractivity contribution in [3.8, 4) is 0 Å². The van der Waals surface area contributed by atoms with Crippen LogP contribution in [-0.4, -0.2) is 0 Å². The molecule has 0 radical (unpaired) electrons. The molecule has 0 fully saturated rings. The number of benzene rings is 2. The molecule has 4 heteroatoms. The van der Waals surface area contributed by atoms with Crippen molar-refractivity contribution in [3.63, 3.8) is 0 Å². The smallest absolute Gasteiger partial charge is 0.146 e. The Morgan fingerprint density at radius 1 is 1.11 bits per heavy atom. The van der Waals surface area contributed by atoms with Gasteiger partial charge in [0, 0.05) is 16.6 Å². The third kappa shape index (κ3) is 3.32. The minimum Gasteiger partial charge on any atom is -0.376 e. The van der Waals surface area contributed by atoms with Crippen LogP contribution >= 0.6 is 15.9 Å². The molecule has 0 aliphatic heterocycles. The number of rotatable bonds is 3. The molecule has 0 amide bonds. The van der Waals surface area contributed by atoms with Crippen molar-refractivity contribution in [1.29, 1.82) is 0 Å². The molecule has 1 N–H and O–H groups in total. The molecule has 19 heavy (non-hydrogen) atoms. The lowest BCUT2D eigenvalue weighted by Gasteiger charge is -2.17. The Balaban J connectivity index is 2.24. The van der Waals surface area contributed by atoms with Crippen molar-refractivity contribution in [1.82, 2.24) is 0 Å². The van der Waals surface area contributed by atoms with Crippen molar-refractivity contribution >= 4 is 21.6 Å². The highest BCUT2D eigenvalue weighted by Gasteiger charge is 2.11. The first kappa shape index (κ1) is 14.0. The van der Waals surface area contributed by atoms with E-state index in [9.17, 15) is 8.78 Å². The van der Waals surface area contributed by atoms with Gasteiger partial charge in [0.15, 0.2) is 0 Å². The van der Waals surface area contributed by atoms with Crippen molar-refractivity contribution in [3.05, 3.63) is 63.6 Å². The minimum atomic E-state index is -0.444. The monoisotopic (exact) mass is 325 g/mol. The van der Waals surface area contributed by atoms with Crippen LogP contribution in [0.4, 0.5) is 14.5 Å². The zero-order valence-corrected chi connectivity index (χ0v) is 12.3. The van der Waals surface area contributed by atoms with Gasteiger partial charge in [-0.15, -0.1) is 0 Å². The van der Waals surface area contributed by atoms with Crippen LogP contribution in [-0.2, 0) is 0 Å². The molecule has 0 saturated carbocycles. The van der Waals surface area contributed by atoms with Crippen LogP contribution in [0.15, 0.2) is 40.9 Å². The predicted molar refractivity (Wildman–Crippen MR) is 77.3 cm³/mol. The normalized spacial score (nSPS) is 12.3. The number of aryl methyl sites for hydroxylation is 1. The first-order valence-electron chi connectivity index (χ1n) is 5.95. The summed E-state index contributed by atoms with van der Waals surface area (Å²) in [5, 5.41) is 2.99. The topological polar surface area (TPSA) is 12.0 Å². The summed E-state index contributed by atoms with van der Waals surface area (Å²) in [6.45, 7) is 3.44. The van der Waals surface area contributed by atoms with Crippen LogP contribution in [0.1, 0.15) is 24.1 Å². The van der Waals surface area contributed by atoms with Gasteiger partial charge in [-0.1, -0.05) is 28.1 Å². The second-order valence-corrected chi connectivity index (χ2v) is 5.42. The second kappa shape index (κ2) is 5.70. The molecule has 1 nitrogen and oxygen atoms in total. The van der Waals surface area contributed by atoms with Crippen LogP contribution < -0.4 is 5.32 Å². The fourth-order valence-corrected chi connectivity index (χ4v) is 2.27. The zero-order chi connectivity index (χ0) is 14.0. The Morgan fingerprint density at radius 3 is 2.53 bits per heavy atom. The summed E-state index contributed by atoms with van der Waals surface area (Å²) in [4.78, 5) is 0. The Morgan fingerprint density at radius 2 is 1.84 bits per heavy atom. The van der Waals surface area contributed by atoms with E-state index in [1.54, 1.807) is 6.92 Å². The highest BCUT2D eigenvalue weighted by molar-refractivity contribution is 9.10. The fourth-order valence-electron chi connectivity index (χ4n) is 1.85. The average Bonchev–Trinajstić information content (AvgIpc) is 2.36. The van der Waals surface area contributed by atoms with Gasteiger partial charge < -0.3 is 5.32 Å². The van der Waals surface area contributed by atoms with E-state index in [-0.39, 0.29) is 11.7 Å². The van der Waals surface area contributed by atoms with Crippen LogP contribution in [0.2, 0.25) is 0 Å². The SMILES string of the molecule is Cc1cc(F)c(NC(C)c2cccc(Br)c2)cc1F. The van der Waals surface area contributed by atoms with Gasteiger partial charge in [0.2, 0.25) is 0 Å². The maximum Gasteiger partial charge on any atom is 0.146 e.